The number of aryl methyl sites for hydroxylation is 1. The van der Waals surface area contributed by atoms with E-state index in [1.165, 1.54) is 34.7 Å². The van der Waals surface area contributed by atoms with Crippen molar-refractivity contribution in [2.75, 3.05) is 7.11 Å². The van der Waals surface area contributed by atoms with E-state index in [1.807, 2.05) is 19.9 Å². The van der Waals surface area contributed by atoms with Gasteiger partial charge < -0.3 is 9.47 Å². The first-order valence-corrected chi connectivity index (χ1v) is 11.7. The molecule has 0 saturated heterocycles. The van der Waals surface area contributed by atoms with Crippen molar-refractivity contribution in [2.24, 2.45) is 5.92 Å². The second-order valence-electron chi connectivity index (χ2n) is 8.97. The van der Waals surface area contributed by atoms with E-state index in [9.17, 15) is 4.79 Å². The number of carbonyl (C=O) groups is 1. The molecule has 4 rings (SSSR count). The molecule has 1 aliphatic rings. The molecule has 0 saturated carbocycles. The second kappa shape index (κ2) is 9.34. The van der Waals surface area contributed by atoms with Crippen molar-refractivity contribution in [3.8, 4) is 16.9 Å². The summed E-state index contributed by atoms with van der Waals surface area (Å²) in [5.41, 5.74) is 7.94. The maximum atomic E-state index is 11.7. The number of allylic oxidation sites excluding steroid dienone is 3. The summed E-state index contributed by atoms with van der Waals surface area (Å²) in [6.45, 7) is 9.68. The summed E-state index contributed by atoms with van der Waals surface area (Å²) < 4.78 is 11.1. The van der Waals surface area contributed by atoms with Crippen LogP contribution in [0.5, 0.6) is 5.75 Å². The fourth-order valence-electron chi connectivity index (χ4n) is 5.56. The normalized spacial score (nSPS) is 15.4. The van der Waals surface area contributed by atoms with E-state index in [1.54, 1.807) is 7.11 Å². The Labute approximate surface area is 202 Å². The average molecular weight is 453 g/mol. The molecule has 1 aliphatic carbocycles. The van der Waals surface area contributed by atoms with Crippen LogP contribution >= 0.6 is 0 Å². The zero-order valence-electron chi connectivity index (χ0n) is 20.8. The van der Waals surface area contributed by atoms with Gasteiger partial charge in [0.25, 0.3) is 0 Å². The Morgan fingerprint density at radius 3 is 2.03 bits per heavy atom. The van der Waals surface area contributed by atoms with Gasteiger partial charge in [0.1, 0.15) is 11.5 Å². The Morgan fingerprint density at radius 2 is 1.53 bits per heavy atom. The average Bonchev–Trinajstić information content (AvgIpc) is 3.13. The third-order valence-electron chi connectivity index (χ3n) is 6.93. The largest absolute Gasteiger partial charge is 0.496 e. The highest BCUT2D eigenvalue weighted by molar-refractivity contribution is 5.84. The Morgan fingerprint density at radius 1 is 0.941 bits per heavy atom. The summed E-state index contributed by atoms with van der Waals surface area (Å²) in [5.74, 6) is 1.23. The van der Waals surface area contributed by atoms with Crippen molar-refractivity contribution in [3.05, 3.63) is 112 Å². The van der Waals surface area contributed by atoms with Crippen molar-refractivity contribution >= 4 is 5.97 Å². The number of hydrogen-bond acceptors (Lipinski definition) is 3. The smallest absolute Gasteiger partial charge is 0.308 e. The standard InChI is InChI=1S/C31H32O3/c1-7-29(34-23(5)32)20(2)18-22(4)31(24-16-17-30(33-6)21(3)19-24)27-14-10-8-12-25(27)26-13-9-11-15-28(26)31/h7-19,22H,1-6H3/b20-18-,29-7+. The lowest BCUT2D eigenvalue weighted by molar-refractivity contribution is -0.136. The molecule has 0 bridgehead atoms. The van der Waals surface area contributed by atoms with Gasteiger partial charge in [0.2, 0.25) is 0 Å². The van der Waals surface area contributed by atoms with E-state index >= 15 is 0 Å². The van der Waals surface area contributed by atoms with Gasteiger partial charge in [-0.1, -0.05) is 73.7 Å². The maximum absolute atomic E-state index is 11.7. The highest BCUT2D eigenvalue weighted by atomic mass is 16.5. The molecular formula is C31H32O3. The highest BCUT2D eigenvalue weighted by Gasteiger charge is 2.47. The molecule has 3 aromatic rings. The fraction of sp³-hybridized carbons (Fsp3) is 0.258. The monoisotopic (exact) mass is 452 g/mol. The topological polar surface area (TPSA) is 35.5 Å². The van der Waals surface area contributed by atoms with Crippen LogP contribution in [0.4, 0.5) is 0 Å². The molecular weight excluding hydrogens is 420 g/mol. The second-order valence-corrected chi connectivity index (χ2v) is 8.97. The lowest BCUT2D eigenvalue weighted by Gasteiger charge is -2.38. The van der Waals surface area contributed by atoms with Gasteiger partial charge in [0.15, 0.2) is 0 Å². The van der Waals surface area contributed by atoms with Crippen LogP contribution in [0.2, 0.25) is 0 Å². The molecule has 0 radical (unpaired) electrons. The first-order valence-electron chi connectivity index (χ1n) is 11.7. The fourth-order valence-corrected chi connectivity index (χ4v) is 5.56. The quantitative estimate of drug-likeness (QED) is 0.222. The van der Waals surface area contributed by atoms with Crippen LogP contribution in [-0.2, 0) is 14.9 Å². The molecule has 0 N–H and O–H groups in total. The third-order valence-corrected chi connectivity index (χ3v) is 6.93. The third kappa shape index (κ3) is 3.75. The van der Waals surface area contributed by atoms with E-state index in [0.717, 1.165) is 16.9 Å². The molecule has 1 atom stereocenters. The summed E-state index contributed by atoms with van der Waals surface area (Å²) >= 11 is 0. The molecule has 3 heteroatoms. The number of rotatable bonds is 6. The molecule has 0 heterocycles. The number of methoxy groups -OCH3 is 1. The van der Waals surface area contributed by atoms with Crippen LogP contribution in [-0.4, -0.2) is 13.1 Å². The van der Waals surface area contributed by atoms with Gasteiger partial charge in [0.05, 0.1) is 12.5 Å². The van der Waals surface area contributed by atoms with E-state index in [2.05, 4.69) is 86.7 Å². The Balaban J connectivity index is 2.01. The maximum Gasteiger partial charge on any atom is 0.308 e. The van der Waals surface area contributed by atoms with Gasteiger partial charge in [-0.2, -0.15) is 0 Å². The molecule has 0 aromatic heterocycles. The predicted octanol–water partition coefficient (Wildman–Crippen LogP) is 7.37. The van der Waals surface area contributed by atoms with E-state index in [-0.39, 0.29) is 11.9 Å². The van der Waals surface area contributed by atoms with Gasteiger partial charge in [-0.3, -0.25) is 4.79 Å². The molecule has 0 amide bonds. The lowest BCUT2D eigenvalue weighted by Crippen LogP contribution is -2.34. The minimum Gasteiger partial charge on any atom is -0.496 e. The van der Waals surface area contributed by atoms with Crippen molar-refractivity contribution < 1.29 is 14.3 Å². The summed E-state index contributed by atoms with van der Waals surface area (Å²) in [6, 6.07) is 23.9. The van der Waals surface area contributed by atoms with E-state index in [4.69, 9.17) is 9.47 Å². The Kier molecular flexibility index (Phi) is 6.47. The first kappa shape index (κ1) is 23.6. The molecule has 3 nitrogen and oxygen atoms in total. The Hall–Kier alpha value is -3.59. The van der Waals surface area contributed by atoms with Crippen LogP contribution in [0.1, 0.15) is 49.9 Å². The molecule has 34 heavy (non-hydrogen) atoms. The molecule has 0 fully saturated rings. The zero-order chi connectivity index (χ0) is 24.5. The number of benzene rings is 3. The zero-order valence-corrected chi connectivity index (χ0v) is 20.8. The molecule has 1 unspecified atom stereocenters. The van der Waals surface area contributed by atoms with Gasteiger partial charge in [-0.15, -0.1) is 0 Å². The first-order chi connectivity index (χ1) is 16.3. The van der Waals surface area contributed by atoms with Gasteiger partial charge in [-0.05, 0) is 77.8 Å². The van der Waals surface area contributed by atoms with Crippen molar-refractivity contribution in [1.29, 1.82) is 0 Å². The molecule has 3 aromatic carbocycles. The van der Waals surface area contributed by atoms with Gasteiger partial charge in [0, 0.05) is 6.92 Å². The molecule has 174 valence electrons. The summed E-state index contributed by atoms with van der Waals surface area (Å²) in [6.07, 6.45) is 4.08. The van der Waals surface area contributed by atoms with Crippen molar-refractivity contribution in [1.82, 2.24) is 0 Å². The number of hydrogen-bond donors (Lipinski definition) is 0. The number of fused-ring (bicyclic) bond motifs is 3. The minimum atomic E-state index is -0.402. The summed E-state index contributed by atoms with van der Waals surface area (Å²) in [7, 11) is 1.71. The summed E-state index contributed by atoms with van der Waals surface area (Å²) in [5, 5.41) is 0. The molecule has 0 spiro atoms. The number of ether oxygens (including phenoxy) is 2. The predicted molar refractivity (Wildman–Crippen MR) is 138 cm³/mol. The number of esters is 1. The van der Waals surface area contributed by atoms with Crippen LogP contribution in [0.3, 0.4) is 0 Å². The Bertz CT molecular complexity index is 1250. The molecule has 0 aliphatic heterocycles. The SMILES string of the molecule is C/C=C(OC(C)=O)\C(C)=C/C(C)C1(c2ccc(OC)c(C)c2)c2ccccc2-c2ccccc21. The van der Waals surface area contributed by atoms with E-state index in [0.29, 0.717) is 5.76 Å². The summed E-state index contributed by atoms with van der Waals surface area (Å²) in [4.78, 5) is 11.7. The lowest BCUT2D eigenvalue weighted by atomic mass is 9.64. The van der Waals surface area contributed by atoms with Gasteiger partial charge in [-0.25, -0.2) is 0 Å². The minimum absolute atomic E-state index is 0.0654. The van der Waals surface area contributed by atoms with Crippen LogP contribution in [0.25, 0.3) is 11.1 Å². The highest BCUT2D eigenvalue weighted by Crippen LogP contribution is 2.57. The van der Waals surface area contributed by atoms with Crippen LogP contribution in [0, 0.1) is 12.8 Å². The van der Waals surface area contributed by atoms with Crippen LogP contribution < -0.4 is 4.74 Å². The van der Waals surface area contributed by atoms with Crippen molar-refractivity contribution in [2.45, 2.75) is 40.0 Å². The van der Waals surface area contributed by atoms with Crippen LogP contribution in [0.15, 0.2) is 90.2 Å². The van der Waals surface area contributed by atoms with Crippen molar-refractivity contribution in [3.63, 3.8) is 0 Å². The van der Waals surface area contributed by atoms with E-state index < -0.39 is 5.41 Å². The van der Waals surface area contributed by atoms with Gasteiger partial charge >= 0.3 is 5.97 Å². The number of carbonyl (C=O) groups excluding carboxylic acids is 1.